The number of hydrogen-bond donors (Lipinski definition) is 1. The Morgan fingerprint density at radius 1 is 1.35 bits per heavy atom. The Morgan fingerprint density at radius 2 is 2.12 bits per heavy atom. The first-order chi connectivity index (χ1) is 8.16. The smallest absolute Gasteiger partial charge is 0.251 e. The van der Waals surface area contributed by atoms with Crippen LogP contribution in [0.15, 0.2) is 24.3 Å². The third-order valence-corrected chi connectivity index (χ3v) is 4.85. The summed E-state index contributed by atoms with van der Waals surface area (Å²) in [6, 6.07) is 7.97. The van der Waals surface area contributed by atoms with Crippen molar-refractivity contribution in [3.8, 4) is 0 Å². The quantitative estimate of drug-likeness (QED) is 0.587. The van der Waals surface area contributed by atoms with E-state index in [2.05, 4.69) is 43.8 Å². The van der Waals surface area contributed by atoms with Gasteiger partial charge in [0.25, 0.3) is 5.91 Å². The molecule has 0 aromatic heterocycles. The molecule has 1 aromatic rings. The first kappa shape index (κ1) is 13.3. The van der Waals surface area contributed by atoms with Gasteiger partial charge in [0, 0.05) is 20.0 Å². The molecule has 2 unspecified atom stereocenters. The molecule has 0 spiro atoms. The molecule has 1 fully saturated rings. The normalized spacial score (nSPS) is 24.4. The molecule has 1 amide bonds. The summed E-state index contributed by atoms with van der Waals surface area (Å²) in [6.07, 6.45) is 4.69. The summed E-state index contributed by atoms with van der Waals surface area (Å²) in [5.74, 6) is 0.0415. The van der Waals surface area contributed by atoms with Gasteiger partial charge < -0.3 is 5.32 Å². The highest BCUT2D eigenvalue weighted by Crippen LogP contribution is 2.24. The molecule has 4 heteroatoms. The molecule has 92 valence electrons. The molecule has 2 nitrogen and oxygen atoms in total. The second-order valence-electron chi connectivity index (χ2n) is 4.39. The van der Waals surface area contributed by atoms with Crippen molar-refractivity contribution in [2.45, 2.75) is 36.6 Å². The number of amides is 1. The van der Waals surface area contributed by atoms with Crippen LogP contribution in [0, 0.1) is 3.57 Å². The number of halogens is 2. The van der Waals surface area contributed by atoms with E-state index in [0.717, 1.165) is 22.0 Å². The highest BCUT2D eigenvalue weighted by molar-refractivity contribution is 14.1. The van der Waals surface area contributed by atoms with E-state index in [9.17, 15) is 4.79 Å². The fraction of sp³-hybridized carbons (Fsp3) is 0.462. The van der Waals surface area contributed by atoms with E-state index in [1.807, 2.05) is 24.3 Å². The molecule has 1 aromatic carbocycles. The van der Waals surface area contributed by atoms with Crippen LogP contribution in [-0.4, -0.2) is 16.8 Å². The van der Waals surface area contributed by atoms with Gasteiger partial charge in [-0.15, -0.1) is 0 Å². The summed E-state index contributed by atoms with van der Waals surface area (Å²) in [6.45, 7) is 0. The fourth-order valence-electron chi connectivity index (χ4n) is 2.13. The van der Waals surface area contributed by atoms with Crippen LogP contribution in [0.3, 0.4) is 0 Å². The summed E-state index contributed by atoms with van der Waals surface area (Å²) in [5.41, 5.74) is 0.752. The molecule has 2 atom stereocenters. The molecule has 1 aliphatic rings. The van der Waals surface area contributed by atoms with Crippen LogP contribution in [-0.2, 0) is 0 Å². The SMILES string of the molecule is O=C(NC1CCCCC1Br)c1cccc(I)c1. The predicted octanol–water partition coefficient (Wildman–Crippen LogP) is 3.73. The van der Waals surface area contributed by atoms with E-state index >= 15 is 0 Å². The topological polar surface area (TPSA) is 29.1 Å². The maximum Gasteiger partial charge on any atom is 0.251 e. The lowest BCUT2D eigenvalue weighted by atomic mass is 9.95. The van der Waals surface area contributed by atoms with Crippen LogP contribution >= 0.6 is 38.5 Å². The van der Waals surface area contributed by atoms with Gasteiger partial charge in [0.05, 0.1) is 0 Å². The van der Waals surface area contributed by atoms with Crippen molar-refractivity contribution in [2.75, 3.05) is 0 Å². The first-order valence-electron chi connectivity index (χ1n) is 5.87. The number of hydrogen-bond acceptors (Lipinski definition) is 1. The molecule has 0 saturated heterocycles. The summed E-state index contributed by atoms with van der Waals surface area (Å²) in [5, 5.41) is 3.12. The lowest BCUT2D eigenvalue weighted by molar-refractivity contribution is 0.0930. The zero-order valence-electron chi connectivity index (χ0n) is 9.46. The second kappa shape index (κ2) is 6.18. The Labute approximate surface area is 124 Å². The summed E-state index contributed by atoms with van der Waals surface area (Å²) < 4.78 is 1.09. The Hall–Kier alpha value is -0.100. The van der Waals surface area contributed by atoms with Crippen LogP contribution in [0.25, 0.3) is 0 Å². The summed E-state index contributed by atoms with van der Waals surface area (Å²) in [7, 11) is 0. The third-order valence-electron chi connectivity index (χ3n) is 3.08. The molecule has 0 heterocycles. The molecule has 0 aliphatic heterocycles. The summed E-state index contributed by atoms with van der Waals surface area (Å²) in [4.78, 5) is 12.5. The fourth-order valence-corrected chi connectivity index (χ4v) is 3.39. The largest absolute Gasteiger partial charge is 0.348 e. The number of nitrogens with one attached hydrogen (secondary N) is 1. The number of rotatable bonds is 2. The summed E-state index contributed by atoms with van der Waals surface area (Å²) >= 11 is 5.88. The van der Waals surface area contributed by atoms with Crippen LogP contribution in [0.2, 0.25) is 0 Å². The lowest BCUT2D eigenvalue weighted by Gasteiger charge is -2.28. The van der Waals surface area contributed by atoms with Crippen molar-refractivity contribution in [3.05, 3.63) is 33.4 Å². The molecule has 2 rings (SSSR count). The molecule has 1 aliphatic carbocycles. The number of carbonyl (C=O) groups is 1. The van der Waals surface area contributed by atoms with Gasteiger partial charge >= 0.3 is 0 Å². The zero-order valence-corrected chi connectivity index (χ0v) is 13.2. The lowest BCUT2D eigenvalue weighted by Crippen LogP contribution is -2.42. The minimum Gasteiger partial charge on any atom is -0.348 e. The molecular formula is C13H15BrINO. The van der Waals surface area contributed by atoms with Crippen molar-refractivity contribution < 1.29 is 4.79 Å². The molecule has 1 saturated carbocycles. The molecule has 0 radical (unpaired) electrons. The standard InChI is InChI=1S/C13H15BrINO/c14-11-6-1-2-7-12(11)16-13(17)9-4-3-5-10(15)8-9/h3-5,8,11-12H,1-2,6-7H2,(H,16,17). The Bertz CT molecular complexity index is 410. The number of alkyl halides is 1. The molecule has 0 bridgehead atoms. The van der Waals surface area contributed by atoms with Crippen LogP contribution in [0.1, 0.15) is 36.0 Å². The van der Waals surface area contributed by atoms with Gasteiger partial charge in [0.2, 0.25) is 0 Å². The Balaban J connectivity index is 2.01. The minimum absolute atomic E-state index is 0.0415. The second-order valence-corrected chi connectivity index (χ2v) is 6.81. The van der Waals surface area contributed by atoms with Crippen molar-refractivity contribution in [1.82, 2.24) is 5.32 Å². The van der Waals surface area contributed by atoms with Gasteiger partial charge in [0.1, 0.15) is 0 Å². The Kier molecular flexibility index (Phi) is 4.85. The average Bonchev–Trinajstić information content (AvgIpc) is 2.32. The van der Waals surface area contributed by atoms with Gasteiger partial charge in [-0.2, -0.15) is 0 Å². The van der Waals surface area contributed by atoms with Gasteiger partial charge in [-0.3, -0.25) is 4.79 Å². The van der Waals surface area contributed by atoms with Crippen LogP contribution in [0.4, 0.5) is 0 Å². The maximum atomic E-state index is 12.1. The zero-order chi connectivity index (χ0) is 12.3. The van der Waals surface area contributed by atoms with E-state index in [0.29, 0.717) is 4.83 Å². The van der Waals surface area contributed by atoms with E-state index in [4.69, 9.17) is 0 Å². The van der Waals surface area contributed by atoms with Gasteiger partial charge in [0.15, 0.2) is 0 Å². The van der Waals surface area contributed by atoms with E-state index in [1.54, 1.807) is 0 Å². The highest BCUT2D eigenvalue weighted by atomic mass is 127. The van der Waals surface area contributed by atoms with Crippen LogP contribution < -0.4 is 5.32 Å². The van der Waals surface area contributed by atoms with E-state index in [1.165, 1.54) is 12.8 Å². The number of carbonyl (C=O) groups excluding carboxylic acids is 1. The van der Waals surface area contributed by atoms with Crippen LogP contribution in [0.5, 0.6) is 0 Å². The Morgan fingerprint density at radius 3 is 2.82 bits per heavy atom. The highest BCUT2D eigenvalue weighted by Gasteiger charge is 2.24. The van der Waals surface area contributed by atoms with Crippen molar-refractivity contribution in [1.29, 1.82) is 0 Å². The van der Waals surface area contributed by atoms with Gasteiger partial charge in [-0.05, 0) is 53.6 Å². The van der Waals surface area contributed by atoms with Crippen molar-refractivity contribution >= 4 is 44.4 Å². The van der Waals surface area contributed by atoms with Gasteiger partial charge in [-0.1, -0.05) is 34.8 Å². The average molecular weight is 408 g/mol. The molecular weight excluding hydrogens is 393 g/mol. The van der Waals surface area contributed by atoms with E-state index in [-0.39, 0.29) is 11.9 Å². The van der Waals surface area contributed by atoms with E-state index < -0.39 is 0 Å². The van der Waals surface area contributed by atoms with Crippen molar-refractivity contribution in [3.63, 3.8) is 0 Å². The first-order valence-corrected chi connectivity index (χ1v) is 7.87. The molecule has 17 heavy (non-hydrogen) atoms. The number of benzene rings is 1. The third kappa shape index (κ3) is 3.68. The molecule has 1 N–H and O–H groups in total. The van der Waals surface area contributed by atoms with Gasteiger partial charge in [-0.25, -0.2) is 0 Å². The minimum atomic E-state index is 0.0415. The maximum absolute atomic E-state index is 12.1. The predicted molar refractivity (Wildman–Crippen MR) is 81.6 cm³/mol. The monoisotopic (exact) mass is 407 g/mol. The van der Waals surface area contributed by atoms with Crippen molar-refractivity contribution in [2.24, 2.45) is 0 Å².